The minimum absolute atomic E-state index is 0.00532. The fourth-order valence-corrected chi connectivity index (χ4v) is 5.13. The summed E-state index contributed by atoms with van der Waals surface area (Å²) < 4.78 is 6.10. The van der Waals surface area contributed by atoms with Gasteiger partial charge in [0.25, 0.3) is 0 Å². The summed E-state index contributed by atoms with van der Waals surface area (Å²) in [6.07, 6.45) is 10.9. The van der Waals surface area contributed by atoms with Gasteiger partial charge in [-0.3, -0.25) is 4.79 Å². The molecular weight excluding hydrogens is 286 g/mol. The van der Waals surface area contributed by atoms with Crippen LogP contribution in [0.4, 0.5) is 0 Å². The third kappa shape index (κ3) is 3.45. The van der Waals surface area contributed by atoms with E-state index in [9.17, 15) is 4.79 Å². The van der Waals surface area contributed by atoms with Gasteiger partial charge in [0.05, 0.1) is 11.7 Å². The molecule has 4 fully saturated rings. The molecule has 0 aromatic heterocycles. The molecule has 1 amide bonds. The molecule has 1 saturated heterocycles. The zero-order chi connectivity index (χ0) is 16.7. The van der Waals surface area contributed by atoms with Crippen molar-refractivity contribution in [1.29, 1.82) is 0 Å². The van der Waals surface area contributed by atoms with Crippen molar-refractivity contribution >= 4 is 5.91 Å². The number of carbonyl (C=O) groups excluding carboxylic acids is 1. The van der Waals surface area contributed by atoms with Crippen molar-refractivity contribution in [1.82, 2.24) is 4.90 Å². The summed E-state index contributed by atoms with van der Waals surface area (Å²) in [4.78, 5) is 15.4. The maximum absolute atomic E-state index is 13.2. The Kier molecular flexibility index (Phi) is 4.54. The molecule has 0 N–H and O–H groups in total. The lowest BCUT2D eigenvalue weighted by Gasteiger charge is -2.54. The SMILES string of the molecule is CCC12CCC(C(=O)N3CCC(OC(C)(C)C)CC3)(CC1)CC2. The predicted octanol–water partition coefficient (Wildman–Crippen LogP) is 4.54. The summed E-state index contributed by atoms with van der Waals surface area (Å²) in [5.74, 6) is 0.469. The van der Waals surface area contributed by atoms with E-state index in [2.05, 4.69) is 32.6 Å². The first-order valence-corrected chi connectivity index (χ1v) is 9.75. The highest BCUT2D eigenvalue weighted by Gasteiger charge is 2.52. The number of piperidine rings is 1. The van der Waals surface area contributed by atoms with Gasteiger partial charge in [-0.1, -0.05) is 13.3 Å². The fourth-order valence-electron chi connectivity index (χ4n) is 5.13. The Morgan fingerprint density at radius 2 is 1.57 bits per heavy atom. The summed E-state index contributed by atoms with van der Waals surface area (Å²) in [5, 5.41) is 0. The summed E-state index contributed by atoms with van der Waals surface area (Å²) in [5.41, 5.74) is 0.496. The van der Waals surface area contributed by atoms with Gasteiger partial charge in [-0.25, -0.2) is 0 Å². The second-order valence-corrected chi connectivity index (χ2v) is 9.36. The van der Waals surface area contributed by atoms with Crippen LogP contribution in [-0.2, 0) is 9.53 Å². The maximum atomic E-state index is 13.2. The Hall–Kier alpha value is -0.570. The molecule has 4 aliphatic rings. The maximum Gasteiger partial charge on any atom is 0.228 e. The Labute approximate surface area is 142 Å². The largest absolute Gasteiger partial charge is 0.372 e. The van der Waals surface area contributed by atoms with E-state index in [0.29, 0.717) is 17.4 Å². The van der Waals surface area contributed by atoms with E-state index in [0.717, 1.165) is 45.2 Å². The molecule has 132 valence electrons. The van der Waals surface area contributed by atoms with Crippen molar-refractivity contribution < 1.29 is 9.53 Å². The van der Waals surface area contributed by atoms with E-state index >= 15 is 0 Å². The molecule has 1 aliphatic heterocycles. The summed E-state index contributed by atoms with van der Waals surface area (Å²) in [6.45, 7) is 10.5. The Morgan fingerprint density at radius 1 is 1.04 bits per heavy atom. The Bertz CT molecular complexity index is 419. The predicted molar refractivity (Wildman–Crippen MR) is 93.3 cm³/mol. The van der Waals surface area contributed by atoms with E-state index < -0.39 is 0 Å². The highest BCUT2D eigenvalue weighted by Crippen LogP contribution is 2.58. The van der Waals surface area contributed by atoms with Crippen LogP contribution in [0.1, 0.15) is 85.5 Å². The quantitative estimate of drug-likeness (QED) is 0.763. The monoisotopic (exact) mass is 321 g/mol. The number of fused-ring (bicyclic) bond motifs is 3. The smallest absolute Gasteiger partial charge is 0.228 e. The van der Waals surface area contributed by atoms with E-state index in [-0.39, 0.29) is 11.0 Å². The number of rotatable bonds is 3. The van der Waals surface area contributed by atoms with Gasteiger partial charge in [0.1, 0.15) is 0 Å². The number of ether oxygens (including phenoxy) is 1. The molecule has 3 aliphatic carbocycles. The second-order valence-electron chi connectivity index (χ2n) is 9.36. The van der Waals surface area contributed by atoms with Gasteiger partial charge in [-0.05, 0) is 77.6 Å². The molecule has 2 bridgehead atoms. The first-order valence-electron chi connectivity index (χ1n) is 9.75. The second kappa shape index (κ2) is 6.06. The normalized spacial score (nSPS) is 35.6. The van der Waals surface area contributed by atoms with Crippen LogP contribution in [0.2, 0.25) is 0 Å². The van der Waals surface area contributed by atoms with Crippen LogP contribution in [0.15, 0.2) is 0 Å². The van der Waals surface area contributed by atoms with Gasteiger partial charge in [0, 0.05) is 18.5 Å². The van der Waals surface area contributed by atoms with Crippen LogP contribution >= 0.6 is 0 Å². The van der Waals surface area contributed by atoms with E-state index in [1.807, 2.05) is 0 Å². The average molecular weight is 322 g/mol. The summed E-state index contributed by atoms with van der Waals surface area (Å²) in [7, 11) is 0. The fraction of sp³-hybridized carbons (Fsp3) is 0.950. The van der Waals surface area contributed by atoms with Gasteiger partial charge in [-0.15, -0.1) is 0 Å². The zero-order valence-corrected chi connectivity index (χ0v) is 15.6. The number of carbonyl (C=O) groups is 1. The molecule has 0 spiro atoms. The molecule has 0 aromatic rings. The lowest BCUT2D eigenvalue weighted by atomic mass is 9.52. The molecule has 0 unspecified atom stereocenters. The van der Waals surface area contributed by atoms with E-state index in [1.54, 1.807) is 0 Å². The average Bonchev–Trinajstić information content (AvgIpc) is 2.55. The van der Waals surface area contributed by atoms with Crippen LogP contribution in [0, 0.1) is 10.8 Å². The van der Waals surface area contributed by atoms with Crippen molar-refractivity contribution in [3.8, 4) is 0 Å². The van der Waals surface area contributed by atoms with Crippen LogP contribution in [0.5, 0.6) is 0 Å². The molecule has 3 saturated carbocycles. The van der Waals surface area contributed by atoms with Gasteiger partial charge in [0.15, 0.2) is 0 Å². The lowest BCUT2D eigenvalue weighted by molar-refractivity contribution is -0.156. The zero-order valence-electron chi connectivity index (χ0n) is 15.6. The standard InChI is InChI=1S/C20H35NO2/c1-5-19-8-11-20(12-9-19,13-10-19)17(22)21-14-6-16(7-15-21)23-18(2,3)4/h16H,5-15H2,1-4H3. The minimum atomic E-state index is -0.0776. The van der Waals surface area contributed by atoms with Gasteiger partial charge in [0.2, 0.25) is 5.91 Å². The Balaban J connectivity index is 1.56. The van der Waals surface area contributed by atoms with Crippen LogP contribution < -0.4 is 0 Å². The van der Waals surface area contributed by atoms with Gasteiger partial charge < -0.3 is 9.64 Å². The molecule has 1 heterocycles. The van der Waals surface area contributed by atoms with Crippen molar-refractivity contribution in [2.45, 2.75) is 97.2 Å². The Morgan fingerprint density at radius 3 is 2.00 bits per heavy atom. The summed E-state index contributed by atoms with van der Waals surface area (Å²) >= 11 is 0. The van der Waals surface area contributed by atoms with E-state index in [4.69, 9.17) is 4.74 Å². The lowest BCUT2D eigenvalue weighted by Crippen LogP contribution is -2.53. The minimum Gasteiger partial charge on any atom is -0.372 e. The molecule has 23 heavy (non-hydrogen) atoms. The van der Waals surface area contributed by atoms with Crippen molar-refractivity contribution in [3.05, 3.63) is 0 Å². The van der Waals surface area contributed by atoms with Crippen LogP contribution in [0.3, 0.4) is 0 Å². The molecule has 0 atom stereocenters. The number of hydrogen-bond acceptors (Lipinski definition) is 2. The third-order valence-electron chi connectivity index (χ3n) is 6.85. The first-order chi connectivity index (χ1) is 10.8. The van der Waals surface area contributed by atoms with Gasteiger partial charge in [-0.2, -0.15) is 0 Å². The third-order valence-corrected chi connectivity index (χ3v) is 6.85. The first kappa shape index (κ1) is 17.3. The van der Waals surface area contributed by atoms with Crippen LogP contribution in [-0.4, -0.2) is 35.6 Å². The van der Waals surface area contributed by atoms with Crippen molar-refractivity contribution in [2.24, 2.45) is 10.8 Å². The van der Waals surface area contributed by atoms with Crippen molar-refractivity contribution in [3.63, 3.8) is 0 Å². The van der Waals surface area contributed by atoms with Gasteiger partial charge >= 0.3 is 0 Å². The van der Waals surface area contributed by atoms with Crippen LogP contribution in [0.25, 0.3) is 0 Å². The molecule has 0 aromatic carbocycles. The number of amides is 1. The molecule has 0 radical (unpaired) electrons. The topological polar surface area (TPSA) is 29.5 Å². The van der Waals surface area contributed by atoms with E-state index in [1.165, 1.54) is 25.7 Å². The highest BCUT2D eigenvalue weighted by atomic mass is 16.5. The number of hydrogen-bond donors (Lipinski definition) is 0. The summed E-state index contributed by atoms with van der Waals surface area (Å²) in [6, 6.07) is 0. The molecule has 3 nitrogen and oxygen atoms in total. The molecule has 4 rings (SSSR count). The number of likely N-dealkylation sites (tertiary alicyclic amines) is 1. The molecule has 3 heteroatoms. The highest BCUT2D eigenvalue weighted by molar-refractivity contribution is 5.83. The number of nitrogens with zero attached hydrogens (tertiary/aromatic N) is 1. The molecular formula is C20H35NO2. The van der Waals surface area contributed by atoms with Crippen molar-refractivity contribution in [2.75, 3.05) is 13.1 Å².